The molecular weight excluding hydrogens is 246 g/mol. The lowest BCUT2D eigenvalue weighted by Crippen LogP contribution is -2.36. The SMILES string of the molecule is CCCCc1cnc(N(CCCC)C(CC)CC)nc1. The van der Waals surface area contributed by atoms with E-state index in [4.69, 9.17) is 0 Å². The largest absolute Gasteiger partial charge is 0.338 e. The van der Waals surface area contributed by atoms with Crippen molar-refractivity contribution in [2.75, 3.05) is 11.4 Å². The zero-order valence-electron chi connectivity index (χ0n) is 13.7. The highest BCUT2D eigenvalue weighted by Gasteiger charge is 2.17. The van der Waals surface area contributed by atoms with Crippen LogP contribution in [-0.4, -0.2) is 22.6 Å². The van der Waals surface area contributed by atoms with E-state index in [0.29, 0.717) is 6.04 Å². The quantitative estimate of drug-likeness (QED) is 0.625. The third-order valence-corrected chi connectivity index (χ3v) is 3.90. The Hall–Kier alpha value is -1.12. The molecule has 1 rings (SSSR count). The molecule has 0 aliphatic heterocycles. The molecule has 0 unspecified atom stereocenters. The first-order valence-electron chi connectivity index (χ1n) is 8.34. The maximum atomic E-state index is 4.62. The minimum absolute atomic E-state index is 0.558. The predicted molar refractivity (Wildman–Crippen MR) is 87.3 cm³/mol. The van der Waals surface area contributed by atoms with Gasteiger partial charge in [0.05, 0.1) is 0 Å². The molecule has 1 heterocycles. The van der Waals surface area contributed by atoms with Crippen LogP contribution >= 0.6 is 0 Å². The van der Waals surface area contributed by atoms with Gasteiger partial charge in [-0.05, 0) is 37.7 Å². The summed E-state index contributed by atoms with van der Waals surface area (Å²) in [6.45, 7) is 10.0. The van der Waals surface area contributed by atoms with Crippen LogP contribution in [-0.2, 0) is 6.42 Å². The van der Waals surface area contributed by atoms with Crippen LogP contribution < -0.4 is 4.90 Å². The van der Waals surface area contributed by atoms with Gasteiger partial charge in [0, 0.05) is 25.0 Å². The first-order valence-corrected chi connectivity index (χ1v) is 8.34. The molecule has 0 radical (unpaired) electrons. The Morgan fingerprint density at radius 2 is 1.55 bits per heavy atom. The lowest BCUT2D eigenvalue weighted by Gasteiger charge is -2.30. The van der Waals surface area contributed by atoms with Crippen molar-refractivity contribution in [3.63, 3.8) is 0 Å². The van der Waals surface area contributed by atoms with E-state index >= 15 is 0 Å². The van der Waals surface area contributed by atoms with Gasteiger partial charge in [-0.25, -0.2) is 9.97 Å². The van der Waals surface area contributed by atoms with Crippen LogP contribution in [0, 0.1) is 0 Å². The van der Waals surface area contributed by atoms with Gasteiger partial charge in [-0.3, -0.25) is 0 Å². The average Bonchev–Trinajstić information content (AvgIpc) is 2.50. The fourth-order valence-electron chi connectivity index (χ4n) is 2.51. The Kier molecular flexibility index (Phi) is 8.24. The Balaban J connectivity index is 2.78. The molecule has 0 aliphatic rings. The van der Waals surface area contributed by atoms with Crippen molar-refractivity contribution in [2.45, 2.75) is 78.7 Å². The number of hydrogen-bond acceptors (Lipinski definition) is 3. The van der Waals surface area contributed by atoms with E-state index in [1.54, 1.807) is 0 Å². The van der Waals surface area contributed by atoms with Crippen LogP contribution in [0.5, 0.6) is 0 Å². The second kappa shape index (κ2) is 9.73. The normalized spacial score (nSPS) is 11.1. The molecule has 0 spiro atoms. The number of nitrogens with zero attached hydrogens (tertiary/aromatic N) is 3. The number of rotatable bonds is 10. The second-order valence-electron chi connectivity index (χ2n) is 5.51. The number of hydrogen-bond donors (Lipinski definition) is 0. The van der Waals surface area contributed by atoms with Gasteiger partial charge in [-0.2, -0.15) is 0 Å². The molecule has 1 aromatic rings. The summed E-state index contributed by atoms with van der Waals surface area (Å²) in [5, 5.41) is 0. The molecule has 20 heavy (non-hydrogen) atoms. The van der Waals surface area contributed by atoms with Crippen molar-refractivity contribution in [3.8, 4) is 0 Å². The zero-order chi connectivity index (χ0) is 14.8. The smallest absolute Gasteiger partial charge is 0.225 e. The predicted octanol–water partition coefficient (Wildman–Crippen LogP) is 4.61. The van der Waals surface area contributed by atoms with Gasteiger partial charge in [-0.15, -0.1) is 0 Å². The van der Waals surface area contributed by atoms with Crippen LogP contribution in [0.4, 0.5) is 5.95 Å². The van der Waals surface area contributed by atoms with Gasteiger partial charge in [0.25, 0.3) is 0 Å². The summed E-state index contributed by atoms with van der Waals surface area (Å²) in [6.07, 6.45) is 12.3. The highest BCUT2D eigenvalue weighted by molar-refractivity contribution is 5.31. The maximum Gasteiger partial charge on any atom is 0.225 e. The monoisotopic (exact) mass is 277 g/mol. The first-order chi connectivity index (χ1) is 9.76. The van der Waals surface area contributed by atoms with Gasteiger partial charge in [-0.1, -0.05) is 40.5 Å². The van der Waals surface area contributed by atoms with Gasteiger partial charge < -0.3 is 4.90 Å². The van der Waals surface area contributed by atoms with E-state index < -0.39 is 0 Å². The average molecular weight is 277 g/mol. The molecule has 3 heteroatoms. The van der Waals surface area contributed by atoms with Crippen molar-refractivity contribution in [2.24, 2.45) is 0 Å². The highest BCUT2D eigenvalue weighted by atomic mass is 15.3. The second-order valence-corrected chi connectivity index (χ2v) is 5.51. The number of aryl methyl sites for hydroxylation is 1. The Bertz CT molecular complexity index is 344. The van der Waals surface area contributed by atoms with E-state index in [2.05, 4.69) is 42.6 Å². The third kappa shape index (κ3) is 5.10. The Morgan fingerprint density at radius 3 is 2.05 bits per heavy atom. The number of anilines is 1. The fraction of sp³-hybridized carbons (Fsp3) is 0.765. The summed E-state index contributed by atoms with van der Waals surface area (Å²) in [6, 6.07) is 0.558. The molecule has 0 aliphatic carbocycles. The molecule has 0 bridgehead atoms. The summed E-state index contributed by atoms with van der Waals surface area (Å²) in [7, 11) is 0. The summed E-state index contributed by atoms with van der Waals surface area (Å²) >= 11 is 0. The third-order valence-electron chi connectivity index (χ3n) is 3.90. The van der Waals surface area contributed by atoms with Crippen molar-refractivity contribution in [1.82, 2.24) is 9.97 Å². The summed E-state index contributed by atoms with van der Waals surface area (Å²) in [5.74, 6) is 0.910. The highest BCUT2D eigenvalue weighted by Crippen LogP contribution is 2.17. The van der Waals surface area contributed by atoms with Crippen molar-refractivity contribution < 1.29 is 0 Å². The van der Waals surface area contributed by atoms with Crippen LogP contribution in [0.2, 0.25) is 0 Å². The van der Waals surface area contributed by atoms with E-state index in [9.17, 15) is 0 Å². The van der Waals surface area contributed by atoms with Gasteiger partial charge in [0.15, 0.2) is 0 Å². The molecule has 0 aromatic carbocycles. The van der Waals surface area contributed by atoms with Crippen LogP contribution in [0.3, 0.4) is 0 Å². The molecular formula is C17H31N3. The molecule has 0 atom stereocenters. The molecule has 114 valence electrons. The van der Waals surface area contributed by atoms with E-state index in [0.717, 1.165) is 31.8 Å². The minimum atomic E-state index is 0.558. The van der Waals surface area contributed by atoms with Crippen molar-refractivity contribution in [1.29, 1.82) is 0 Å². The molecule has 0 saturated carbocycles. The summed E-state index contributed by atoms with van der Waals surface area (Å²) < 4.78 is 0. The van der Waals surface area contributed by atoms with Gasteiger partial charge in [0.2, 0.25) is 5.95 Å². The molecule has 1 aromatic heterocycles. The Morgan fingerprint density at radius 1 is 0.950 bits per heavy atom. The summed E-state index contributed by atoms with van der Waals surface area (Å²) in [4.78, 5) is 11.6. The molecule has 3 nitrogen and oxygen atoms in total. The lowest BCUT2D eigenvalue weighted by molar-refractivity contribution is 0.534. The van der Waals surface area contributed by atoms with Crippen LogP contribution in [0.15, 0.2) is 12.4 Å². The van der Waals surface area contributed by atoms with Gasteiger partial charge >= 0.3 is 0 Å². The molecule has 0 N–H and O–H groups in total. The maximum absolute atomic E-state index is 4.62. The number of aromatic nitrogens is 2. The first kappa shape index (κ1) is 16.9. The van der Waals surface area contributed by atoms with Crippen molar-refractivity contribution >= 4 is 5.95 Å². The lowest BCUT2D eigenvalue weighted by atomic mass is 10.1. The van der Waals surface area contributed by atoms with E-state index in [1.807, 2.05) is 12.4 Å². The molecule has 0 fully saturated rings. The molecule has 0 saturated heterocycles. The standard InChI is InChI=1S/C17H31N3/c1-5-9-11-15-13-18-17(19-14-15)20(12-10-6-2)16(7-3)8-4/h13-14,16H,5-12H2,1-4H3. The van der Waals surface area contributed by atoms with Crippen LogP contribution in [0.25, 0.3) is 0 Å². The fourth-order valence-corrected chi connectivity index (χ4v) is 2.51. The molecule has 0 amide bonds. The van der Waals surface area contributed by atoms with E-state index in [1.165, 1.54) is 31.2 Å². The Labute approximate surface area is 124 Å². The van der Waals surface area contributed by atoms with E-state index in [-0.39, 0.29) is 0 Å². The summed E-state index contributed by atoms with van der Waals surface area (Å²) in [5.41, 5.74) is 1.26. The van der Waals surface area contributed by atoms with Crippen molar-refractivity contribution in [3.05, 3.63) is 18.0 Å². The van der Waals surface area contributed by atoms with Crippen LogP contribution in [0.1, 0.15) is 71.8 Å². The topological polar surface area (TPSA) is 29.0 Å². The van der Waals surface area contributed by atoms with Gasteiger partial charge in [0.1, 0.15) is 0 Å². The minimum Gasteiger partial charge on any atom is -0.338 e. The zero-order valence-corrected chi connectivity index (χ0v) is 13.7. The number of unbranched alkanes of at least 4 members (excludes halogenated alkanes) is 2.